The molecule has 0 atom stereocenters. The average Bonchev–Trinajstić information content (AvgIpc) is 2.23. The second kappa shape index (κ2) is 5.60. The number of halogens is 2. The second-order valence-corrected chi connectivity index (χ2v) is 5.37. The van der Waals surface area contributed by atoms with E-state index in [2.05, 4.69) is 21.2 Å². The number of amides is 1. The zero-order valence-corrected chi connectivity index (χ0v) is 11.3. The van der Waals surface area contributed by atoms with Gasteiger partial charge < -0.3 is 10.4 Å². The number of carbonyl (C=O) groups is 1. The highest BCUT2D eigenvalue weighted by molar-refractivity contribution is 9.10. The molecule has 0 saturated heterocycles. The molecular formula is C12H15BrFNO2. The molecule has 0 fully saturated rings. The van der Waals surface area contributed by atoms with Crippen LogP contribution in [0.5, 0.6) is 0 Å². The molecule has 94 valence electrons. The highest BCUT2D eigenvalue weighted by Gasteiger charge is 2.19. The number of rotatable bonds is 4. The van der Waals surface area contributed by atoms with E-state index in [0.717, 1.165) is 0 Å². The maximum absolute atomic E-state index is 13.0. The smallest absolute Gasteiger partial charge is 0.224 e. The van der Waals surface area contributed by atoms with Crippen molar-refractivity contribution >= 4 is 21.8 Å². The molecule has 1 aromatic carbocycles. The summed E-state index contributed by atoms with van der Waals surface area (Å²) in [5.41, 5.74) is 0.0680. The first-order valence-electron chi connectivity index (χ1n) is 5.20. The summed E-state index contributed by atoms with van der Waals surface area (Å²) in [4.78, 5) is 11.7. The van der Waals surface area contributed by atoms with E-state index in [-0.39, 0.29) is 24.8 Å². The molecule has 0 aliphatic rings. The van der Waals surface area contributed by atoms with Crippen molar-refractivity contribution in [1.82, 2.24) is 5.32 Å². The lowest BCUT2D eigenvalue weighted by molar-refractivity contribution is -0.122. The van der Waals surface area contributed by atoms with E-state index >= 15 is 0 Å². The highest BCUT2D eigenvalue weighted by Crippen LogP contribution is 2.17. The van der Waals surface area contributed by atoms with Crippen LogP contribution in [-0.4, -0.2) is 23.2 Å². The molecule has 0 unspecified atom stereocenters. The van der Waals surface area contributed by atoms with Crippen LogP contribution in [0.4, 0.5) is 4.39 Å². The van der Waals surface area contributed by atoms with Crippen LogP contribution >= 0.6 is 15.9 Å². The van der Waals surface area contributed by atoms with Gasteiger partial charge in [0.15, 0.2) is 0 Å². The first-order valence-corrected chi connectivity index (χ1v) is 5.99. The van der Waals surface area contributed by atoms with E-state index in [1.54, 1.807) is 26.0 Å². The Labute approximate surface area is 108 Å². The van der Waals surface area contributed by atoms with Gasteiger partial charge in [-0.15, -0.1) is 0 Å². The Morgan fingerprint density at radius 1 is 1.53 bits per heavy atom. The fourth-order valence-electron chi connectivity index (χ4n) is 1.30. The van der Waals surface area contributed by atoms with Crippen LogP contribution in [-0.2, 0) is 11.2 Å². The van der Waals surface area contributed by atoms with Crippen molar-refractivity contribution in [1.29, 1.82) is 0 Å². The molecule has 1 rings (SSSR count). The maximum Gasteiger partial charge on any atom is 0.224 e. The van der Waals surface area contributed by atoms with E-state index < -0.39 is 5.54 Å². The summed E-state index contributed by atoms with van der Waals surface area (Å²) < 4.78 is 13.3. The van der Waals surface area contributed by atoms with Gasteiger partial charge in [0.2, 0.25) is 5.91 Å². The molecule has 0 radical (unpaired) electrons. The minimum Gasteiger partial charge on any atom is -0.394 e. The lowest BCUT2D eigenvalue weighted by Gasteiger charge is -2.23. The van der Waals surface area contributed by atoms with E-state index in [4.69, 9.17) is 5.11 Å². The van der Waals surface area contributed by atoms with Crippen molar-refractivity contribution in [3.8, 4) is 0 Å². The molecule has 5 heteroatoms. The van der Waals surface area contributed by atoms with E-state index in [1.165, 1.54) is 6.07 Å². The van der Waals surface area contributed by atoms with Crippen molar-refractivity contribution in [3.63, 3.8) is 0 Å². The monoisotopic (exact) mass is 303 g/mol. The zero-order valence-electron chi connectivity index (χ0n) is 9.76. The van der Waals surface area contributed by atoms with Gasteiger partial charge in [-0.1, -0.05) is 6.07 Å². The maximum atomic E-state index is 13.0. The predicted octanol–water partition coefficient (Wildman–Crippen LogP) is 2.02. The van der Waals surface area contributed by atoms with Crippen LogP contribution in [0.2, 0.25) is 0 Å². The number of benzene rings is 1. The molecular weight excluding hydrogens is 289 g/mol. The standard InChI is InChI=1S/C12H15BrFNO2/c1-12(2,7-16)15-11(17)6-8-3-4-10(14)9(13)5-8/h3-5,16H,6-7H2,1-2H3,(H,15,17). The summed E-state index contributed by atoms with van der Waals surface area (Å²) in [5.74, 6) is -0.563. The zero-order chi connectivity index (χ0) is 13.1. The van der Waals surface area contributed by atoms with Crippen LogP contribution in [0, 0.1) is 5.82 Å². The number of hydrogen-bond acceptors (Lipinski definition) is 2. The first-order chi connectivity index (χ1) is 7.84. The van der Waals surface area contributed by atoms with E-state index in [1.807, 2.05) is 0 Å². The molecule has 0 spiro atoms. The fraction of sp³-hybridized carbons (Fsp3) is 0.417. The Bertz CT molecular complexity index is 421. The molecule has 0 heterocycles. The fourth-order valence-corrected chi connectivity index (χ4v) is 1.72. The van der Waals surface area contributed by atoms with Gasteiger partial charge in [0.25, 0.3) is 0 Å². The Morgan fingerprint density at radius 3 is 2.71 bits per heavy atom. The van der Waals surface area contributed by atoms with Crippen molar-refractivity contribution in [2.24, 2.45) is 0 Å². The Kier molecular flexibility index (Phi) is 4.65. The Balaban J connectivity index is 2.65. The molecule has 0 aliphatic heterocycles. The van der Waals surface area contributed by atoms with Crippen molar-refractivity contribution in [2.45, 2.75) is 25.8 Å². The van der Waals surface area contributed by atoms with Crippen LogP contribution in [0.25, 0.3) is 0 Å². The number of nitrogens with one attached hydrogen (secondary N) is 1. The van der Waals surface area contributed by atoms with Crippen LogP contribution in [0.3, 0.4) is 0 Å². The average molecular weight is 304 g/mol. The summed E-state index contributed by atoms with van der Waals surface area (Å²) in [6, 6.07) is 4.44. The molecule has 2 N–H and O–H groups in total. The molecule has 3 nitrogen and oxygen atoms in total. The van der Waals surface area contributed by atoms with Gasteiger partial charge in [-0.25, -0.2) is 4.39 Å². The summed E-state index contributed by atoms with van der Waals surface area (Å²) in [5, 5.41) is 11.7. The third kappa shape index (κ3) is 4.44. The first kappa shape index (κ1) is 14.1. The van der Waals surface area contributed by atoms with Crippen LogP contribution < -0.4 is 5.32 Å². The van der Waals surface area contributed by atoms with Gasteiger partial charge >= 0.3 is 0 Å². The third-order valence-electron chi connectivity index (χ3n) is 2.22. The van der Waals surface area contributed by atoms with Crippen molar-refractivity contribution in [2.75, 3.05) is 6.61 Å². The van der Waals surface area contributed by atoms with Gasteiger partial charge in [0, 0.05) is 0 Å². The molecule has 0 aliphatic carbocycles. The lowest BCUT2D eigenvalue weighted by Crippen LogP contribution is -2.46. The summed E-state index contributed by atoms with van der Waals surface area (Å²) in [7, 11) is 0. The molecule has 1 aromatic rings. The Hall–Kier alpha value is -0.940. The molecule has 0 bridgehead atoms. The topological polar surface area (TPSA) is 49.3 Å². The third-order valence-corrected chi connectivity index (χ3v) is 2.83. The minimum atomic E-state index is -0.644. The predicted molar refractivity (Wildman–Crippen MR) is 67.1 cm³/mol. The number of carbonyl (C=O) groups excluding carboxylic acids is 1. The summed E-state index contributed by atoms with van der Waals surface area (Å²) in [6.07, 6.45) is 0.155. The molecule has 17 heavy (non-hydrogen) atoms. The number of aliphatic hydroxyl groups is 1. The number of aliphatic hydroxyl groups excluding tert-OH is 1. The lowest BCUT2D eigenvalue weighted by atomic mass is 10.1. The Morgan fingerprint density at radius 2 is 2.18 bits per heavy atom. The van der Waals surface area contributed by atoms with E-state index in [9.17, 15) is 9.18 Å². The van der Waals surface area contributed by atoms with Crippen molar-refractivity contribution < 1.29 is 14.3 Å². The highest BCUT2D eigenvalue weighted by atomic mass is 79.9. The van der Waals surface area contributed by atoms with Gasteiger partial charge in [0.1, 0.15) is 5.82 Å². The van der Waals surface area contributed by atoms with Gasteiger partial charge in [0.05, 0.1) is 23.0 Å². The van der Waals surface area contributed by atoms with Gasteiger partial charge in [-0.2, -0.15) is 0 Å². The minimum absolute atomic E-state index is 0.133. The van der Waals surface area contributed by atoms with Crippen molar-refractivity contribution in [3.05, 3.63) is 34.1 Å². The van der Waals surface area contributed by atoms with Crippen LogP contribution in [0.15, 0.2) is 22.7 Å². The van der Waals surface area contributed by atoms with Gasteiger partial charge in [-0.05, 0) is 47.5 Å². The number of hydrogen-bond donors (Lipinski definition) is 2. The van der Waals surface area contributed by atoms with E-state index in [0.29, 0.717) is 10.0 Å². The summed E-state index contributed by atoms with van der Waals surface area (Å²) in [6.45, 7) is 3.32. The molecule has 0 saturated carbocycles. The van der Waals surface area contributed by atoms with Gasteiger partial charge in [-0.3, -0.25) is 4.79 Å². The molecule has 1 amide bonds. The second-order valence-electron chi connectivity index (χ2n) is 4.52. The van der Waals surface area contributed by atoms with Crippen LogP contribution in [0.1, 0.15) is 19.4 Å². The quantitative estimate of drug-likeness (QED) is 0.894. The normalized spacial score (nSPS) is 11.4. The molecule has 0 aromatic heterocycles. The summed E-state index contributed by atoms with van der Waals surface area (Å²) >= 11 is 3.06. The largest absolute Gasteiger partial charge is 0.394 e. The SMILES string of the molecule is CC(C)(CO)NC(=O)Cc1ccc(F)c(Br)c1.